The Hall–Kier alpha value is -0.390. The van der Waals surface area contributed by atoms with E-state index < -0.39 is 0 Å². The maximum atomic E-state index is 4.46. The number of hydrogen-bond acceptors (Lipinski definition) is 3. The highest BCUT2D eigenvalue weighted by atomic mass is 79.9. The van der Waals surface area contributed by atoms with Gasteiger partial charge in [0.25, 0.3) is 0 Å². The van der Waals surface area contributed by atoms with Crippen molar-refractivity contribution in [1.29, 1.82) is 0 Å². The minimum Gasteiger partial charge on any atom is -0.296 e. The minimum atomic E-state index is 0.287. The van der Waals surface area contributed by atoms with Crippen LogP contribution in [0.15, 0.2) is 4.47 Å². The molecule has 0 aliphatic carbocycles. The molecule has 2 heterocycles. The maximum absolute atomic E-state index is 4.46. The van der Waals surface area contributed by atoms with Crippen LogP contribution in [0.2, 0.25) is 0 Å². The van der Waals surface area contributed by atoms with Gasteiger partial charge in [0.2, 0.25) is 0 Å². The summed E-state index contributed by atoms with van der Waals surface area (Å²) in [5.74, 6) is 0. The van der Waals surface area contributed by atoms with E-state index >= 15 is 0 Å². The number of piperazine rings is 1. The summed E-state index contributed by atoms with van der Waals surface area (Å²) < 4.78 is 3.16. The normalized spacial score (nSPS) is 19.1. The van der Waals surface area contributed by atoms with Crippen LogP contribution in [-0.4, -0.2) is 51.3 Å². The van der Waals surface area contributed by atoms with Gasteiger partial charge in [0.05, 0.1) is 15.9 Å². The molecule has 1 aromatic rings. The third-order valence-electron chi connectivity index (χ3n) is 3.96. The van der Waals surface area contributed by atoms with E-state index in [0.29, 0.717) is 0 Å². The number of aromatic nitrogens is 2. The fourth-order valence-electron chi connectivity index (χ4n) is 2.64. The molecular formula is C14H25BrN4. The molecule has 108 valence electrons. The standard InChI is InChI=1S/C14H25BrN4/c1-11-13(15)12(17(5)16-11)10-18-6-8-19(9-7-18)14(2,3)4/h6-10H2,1-5H3. The van der Waals surface area contributed by atoms with Crippen LogP contribution in [0.3, 0.4) is 0 Å². The van der Waals surface area contributed by atoms with E-state index in [1.54, 1.807) is 0 Å². The number of hydrogen-bond donors (Lipinski definition) is 0. The van der Waals surface area contributed by atoms with Crippen molar-refractivity contribution >= 4 is 15.9 Å². The van der Waals surface area contributed by atoms with E-state index in [4.69, 9.17) is 0 Å². The molecule has 0 amide bonds. The van der Waals surface area contributed by atoms with Crippen molar-refractivity contribution in [2.24, 2.45) is 7.05 Å². The summed E-state index contributed by atoms with van der Waals surface area (Å²) in [5, 5.41) is 4.46. The van der Waals surface area contributed by atoms with Gasteiger partial charge >= 0.3 is 0 Å². The van der Waals surface area contributed by atoms with Crippen LogP contribution in [0, 0.1) is 6.92 Å². The average Bonchev–Trinajstić information content (AvgIpc) is 2.56. The quantitative estimate of drug-likeness (QED) is 0.833. The van der Waals surface area contributed by atoms with Crippen molar-refractivity contribution in [1.82, 2.24) is 19.6 Å². The van der Waals surface area contributed by atoms with Crippen molar-refractivity contribution in [2.75, 3.05) is 26.2 Å². The van der Waals surface area contributed by atoms with Crippen LogP contribution < -0.4 is 0 Å². The zero-order valence-corrected chi connectivity index (χ0v) is 14.3. The largest absolute Gasteiger partial charge is 0.296 e. The maximum Gasteiger partial charge on any atom is 0.0739 e. The van der Waals surface area contributed by atoms with Crippen LogP contribution in [0.25, 0.3) is 0 Å². The van der Waals surface area contributed by atoms with E-state index in [0.717, 1.165) is 42.9 Å². The molecule has 1 aliphatic heterocycles. The predicted octanol–water partition coefficient (Wildman–Crippen LogP) is 2.41. The number of aryl methyl sites for hydroxylation is 2. The van der Waals surface area contributed by atoms with E-state index in [9.17, 15) is 0 Å². The molecule has 5 heteroatoms. The van der Waals surface area contributed by atoms with E-state index in [1.165, 1.54) is 5.69 Å². The summed E-state index contributed by atoms with van der Waals surface area (Å²) in [7, 11) is 2.03. The van der Waals surface area contributed by atoms with Gasteiger partial charge in [-0.15, -0.1) is 0 Å². The monoisotopic (exact) mass is 328 g/mol. The molecule has 0 atom stereocenters. The lowest BCUT2D eigenvalue weighted by Crippen LogP contribution is -2.53. The third-order valence-corrected chi connectivity index (χ3v) is 4.99. The van der Waals surface area contributed by atoms with Gasteiger partial charge in [0.1, 0.15) is 0 Å². The second-order valence-electron chi connectivity index (χ2n) is 6.40. The molecule has 1 fully saturated rings. The third kappa shape index (κ3) is 3.38. The first-order valence-corrected chi connectivity index (χ1v) is 7.73. The topological polar surface area (TPSA) is 24.3 Å². The molecule has 0 aromatic carbocycles. The summed E-state index contributed by atoms with van der Waals surface area (Å²) in [5.41, 5.74) is 2.64. The average molecular weight is 329 g/mol. The molecule has 1 saturated heterocycles. The molecule has 4 nitrogen and oxygen atoms in total. The molecule has 0 radical (unpaired) electrons. The summed E-state index contributed by atoms with van der Waals surface area (Å²) in [6, 6.07) is 0. The first-order valence-electron chi connectivity index (χ1n) is 6.94. The first-order chi connectivity index (χ1) is 8.79. The molecule has 0 unspecified atom stereocenters. The van der Waals surface area contributed by atoms with Gasteiger partial charge in [0, 0.05) is 45.3 Å². The highest BCUT2D eigenvalue weighted by Gasteiger charge is 2.26. The van der Waals surface area contributed by atoms with Crippen molar-refractivity contribution in [3.05, 3.63) is 15.9 Å². The number of rotatable bonds is 2. The van der Waals surface area contributed by atoms with E-state index in [-0.39, 0.29) is 5.54 Å². The Morgan fingerprint density at radius 1 is 1.16 bits per heavy atom. The minimum absolute atomic E-state index is 0.287. The molecule has 0 N–H and O–H groups in total. The smallest absolute Gasteiger partial charge is 0.0739 e. The lowest BCUT2D eigenvalue weighted by Gasteiger charge is -2.42. The van der Waals surface area contributed by atoms with E-state index in [1.807, 2.05) is 18.7 Å². The SMILES string of the molecule is Cc1nn(C)c(CN2CCN(C(C)(C)C)CC2)c1Br. The van der Waals surface area contributed by atoms with Gasteiger partial charge < -0.3 is 0 Å². The number of nitrogens with zero attached hydrogens (tertiary/aromatic N) is 4. The Kier molecular flexibility index (Phi) is 4.38. The molecule has 19 heavy (non-hydrogen) atoms. The molecule has 0 bridgehead atoms. The second-order valence-corrected chi connectivity index (χ2v) is 7.20. The summed E-state index contributed by atoms with van der Waals surface area (Å²) >= 11 is 3.65. The van der Waals surface area contributed by atoms with Crippen molar-refractivity contribution in [2.45, 2.75) is 39.8 Å². The van der Waals surface area contributed by atoms with Gasteiger partial charge in [-0.2, -0.15) is 5.10 Å². The summed E-state index contributed by atoms with van der Waals surface area (Å²) in [6.07, 6.45) is 0. The van der Waals surface area contributed by atoms with Gasteiger partial charge in [-0.3, -0.25) is 14.5 Å². The van der Waals surface area contributed by atoms with Gasteiger partial charge in [-0.05, 0) is 43.6 Å². The molecule has 0 saturated carbocycles. The Labute approximate surface area is 124 Å². The lowest BCUT2D eigenvalue weighted by atomic mass is 10.0. The Bertz CT molecular complexity index is 439. The highest BCUT2D eigenvalue weighted by molar-refractivity contribution is 9.10. The molecular weight excluding hydrogens is 304 g/mol. The van der Waals surface area contributed by atoms with E-state index in [2.05, 4.69) is 51.6 Å². The molecule has 0 spiro atoms. The number of halogens is 1. The fraction of sp³-hybridized carbons (Fsp3) is 0.786. The summed E-state index contributed by atoms with van der Waals surface area (Å²) in [6.45, 7) is 14.5. The Morgan fingerprint density at radius 3 is 2.16 bits per heavy atom. The first kappa shape index (κ1) is 15.0. The molecule has 1 aromatic heterocycles. The van der Waals surface area contributed by atoms with Crippen LogP contribution in [0.1, 0.15) is 32.2 Å². The second kappa shape index (κ2) is 5.54. The Morgan fingerprint density at radius 2 is 1.74 bits per heavy atom. The van der Waals surface area contributed by atoms with Crippen LogP contribution in [0.5, 0.6) is 0 Å². The van der Waals surface area contributed by atoms with Crippen LogP contribution >= 0.6 is 15.9 Å². The summed E-state index contributed by atoms with van der Waals surface area (Å²) in [4.78, 5) is 5.08. The fourth-order valence-corrected chi connectivity index (χ4v) is 3.10. The van der Waals surface area contributed by atoms with Gasteiger partial charge in [0.15, 0.2) is 0 Å². The van der Waals surface area contributed by atoms with Crippen LogP contribution in [-0.2, 0) is 13.6 Å². The van der Waals surface area contributed by atoms with Gasteiger partial charge in [-0.25, -0.2) is 0 Å². The molecule has 1 aliphatic rings. The Balaban J connectivity index is 1.96. The van der Waals surface area contributed by atoms with Crippen LogP contribution in [0.4, 0.5) is 0 Å². The van der Waals surface area contributed by atoms with Gasteiger partial charge in [-0.1, -0.05) is 0 Å². The zero-order chi connectivity index (χ0) is 14.2. The molecule has 2 rings (SSSR count). The van der Waals surface area contributed by atoms with Crippen molar-refractivity contribution in [3.63, 3.8) is 0 Å². The van der Waals surface area contributed by atoms with Crippen molar-refractivity contribution < 1.29 is 0 Å². The highest BCUT2D eigenvalue weighted by Crippen LogP contribution is 2.23. The predicted molar refractivity (Wildman–Crippen MR) is 82.2 cm³/mol. The lowest BCUT2D eigenvalue weighted by molar-refractivity contribution is 0.0580. The zero-order valence-electron chi connectivity index (χ0n) is 12.7. The van der Waals surface area contributed by atoms with Crippen molar-refractivity contribution in [3.8, 4) is 0 Å².